The van der Waals surface area contributed by atoms with E-state index in [0.29, 0.717) is 0 Å². The van der Waals surface area contributed by atoms with Crippen LogP contribution in [0.3, 0.4) is 0 Å². The first-order valence-corrected chi connectivity index (χ1v) is 14.6. The third kappa shape index (κ3) is 4.19. The van der Waals surface area contributed by atoms with Gasteiger partial charge in [0.25, 0.3) is 0 Å². The van der Waals surface area contributed by atoms with Crippen molar-refractivity contribution in [2.45, 2.75) is 0 Å². The van der Waals surface area contributed by atoms with E-state index in [1.165, 1.54) is 36.9 Å². The van der Waals surface area contributed by atoms with Crippen LogP contribution >= 0.6 is 11.3 Å². The van der Waals surface area contributed by atoms with Crippen molar-refractivity contribution in [3.05, 3.63) is 146 Å². The molecule has 0 fully saturated rings. The average molecular weight is 541 g/mol. The predicted molar refractivity (Wildman–Crippen MR) is 174 cm³/mol. The van der Waals surface area contributed by atoms with Crippen LogP contribution in [0, 0.1) is 0 Å². The van der Waals surface area contributed by atoms with Gasteiger partial charge in [-0.2, -0.15) is 0 Å². The van der Waals surface area contributed by atoms with Gasteiger partial charge in [-0.25, -0.2) is 9.97 Å². The molecule has 2 aromatic heterocycles. The van der Waals surface area contributed by atoms with Gasteiger partial charge in [0.15, 0.2) is 5.82 Å². The molecule has 8 rings (SSSR count). The minimum absolute atomic E-state index is 0.733. The van der Waals surface area contributed by atoms with Crippen LogP contribution in [-0.4, -0.2) is 9.97 Å². The van der Waals surface area contributed by atoms with E-state index in [9.17, 15) is 0 Å². The molecule has 6 aromatic carbocycles. The first-order valence-electron chi connectivity index (χ1n) is 13.8. The topological polar surface area (TPSA) is 25.8 Å². The lowest BCUT2D eigenvalue weighted by Gasteiger charge is -2.12. The molecule has 0 bridgehead atoms. The molecule has 0 radical (unpaired) electrons. The van der Waals surface area contributed by atoms with Gasteiger partial charge in [-0.15, -0.1) is 11.3 Å². The summed E-state index contributed by atoms with van der Waals surface area (Å²) >= 11 is 1.82. The van der Waals surface area contributed by atoms with E-state index in [0.717, 1.165) is 39.1 Å². The molecular weight excluding hydrogens is 516 g/mol. The van der Waals surface area contributed by atoms with Crippen molar-refractivity contribution < 1.29 is 0 Å². The molecule has 2 heterocycles. The van der Waals surface area contributed by atoms with Gasteiger partial charge in [0.1, 0.15) is 0 Å². The fourth-order valence-electron chi connectivity index (χ4n) is 5.72. The largest absolute Gasteiger partial charge is 0.228 e. The molecule has 0 aliphatic heterocycles. The molecule has 2 nitrogen and oxygen atoms in total. The Morgan fingerprint density at radius 3 is 1.73 bits per heavy atom. The van der Waals surface area contributed by atoms with Crippen LogP contribution < -0.4 is 0 Å². The number of rotatable bonds is 4. The van der Waals surface area contributed by atoms with Crippen molar-refractivity contribution in [1.82, 2.24) is 9.97 Å². The predicted octanol–water partition coefficient (Wildman–Crippen LogP) is 10.7. The average Bonchev–Trinajstić information content (AvgIpc) is 3.44. The highest BCUT2D eigenvalue weighted by Crippen LogP contribution is 2.42. The van der Waals surface area contributed by atoms with Crippen LogP contribution in [0.1, 0.15) is 0 Å². The Kier molecular flexibility index (Phi) is 5.68. The molecule has 3 heteroatoms. The smallest absolute Gasteiger partial charge is 0.160 e. The van der Waals surface area contributed by atoms with Crippen molar-refractivity contribution in [1.29, 1.82) is 0 Å². The van der Waals surface area contributed by atoms with Crippen LogP contribution in [-0.2, 0) is 0 Å². The third-order valence-corrected chi connectivity index (χ3v) is 8.81. The number of fused-ring (bicyclic) bond motifs is 5. The molecule has 0 amide bonds. The van der Waals surface area contributed by atoms with Gasteiger partial charge in [-0.1, -0.05) is 115 Å². The van der Waals surface area contributed by atoms with Crippen molar-refractivity contribution in [2.75, 3.05) is 0 Å². The molecule has 0 saturated heterocycles. The highest BCUT2D eigenvalue weighted by atomic mass is 32.1. The quantitative estimate of drug-likeness (QED) is 0.222. The van der Waals surface area contributed by atoms with E-state index >= 15 is 0 Å². The van der Waals surface area contributed by atoms with E-state index in [4.69, 9.17) is 9.97 Å². The number of aromatic nitrogens is 2. The Labute approximate surface area is 242 Å². The second-order valence-corrected chi connectivity index (χ2v) is 11.3. The van der Waals surface area contributed by atoms with Gasteiger partial charge in [0, 0.05) is 36.7 Å². The minimum atomic E-state index is 0.733. The zero-order chi connectivity index (χ0) is 27.2. The first-order chi connectivity index (χ1) is 20.3. The fraction of sp³-hybridized carbons (Fsp3) is 0. The summed E-state index contributed by atoms with van der Waals surface area (Å²) in [6, 6.07) is 51.3. The van der Waals surface area contributed by atoms with Crippen LogP contribution in [0.15, 0.2) is 146 Å². The van der Waals surface area contributed by atoms with E-state index in [1.807, 2.05) is 11.3 Å². The molecule has 192 valence electrons. The molecule has 41 heavy (non-hydrogen) atoms. The molecule has 0 aliphatic rings. The molecule has 0 saturated carbocycles. The Bertz CT molecular complexity index is 2200. The fourth-order valence-corrected chi connectivity index (χ4v) is 6.83. The maximum atomic E-state index is 5.27. The molecule has 0 spiro atoms. The van der Waals surface area contributed by atoms with Gasteiger partial charge in [-0.3, -0.25) is 0 Å². The number of hydrogen-bond donors (Lipinski definition) is 0. The maximum absolute atomic E-state index is 5.27. The molecular formula is C38H24N2S. The summed E-state index contributed by atoms with van der Waals surface area (Å²) in [5.74, 6) is 0.733. The molecule has 0 atom stereocenters. The van der Waals surface area contributed by atoms with Crippen LogP contribution in [0.25, 0.3) is 76.0 Å². The van der Waals surface area contributed by atoms with Gasteiger partial charge in [0.05, 0.1) is 11.2 Å². The second-order valence-electron chi connectivity index (χ2n) is 10.2. The van der Waals surface area contributed by atoms with E-state index in [-0.39, 0.29) is 0 Å². The third-order valence-electron chi connectivity index (χ3n) is 7.67. The van der Waals surface area contributed by atoms with Crippen molar-refractivity contribution in [3.63, 3.8) is 0 Å². The van der Waals surface area contributed by atoms with Gasteiger partial charge < -0.3 is 0 Å². The highest BCUT2D eigenvalue weighted by Gasteiger charge is 2.17. The van der Waals surface area contributed by atoms with Gasteiger partial charge in [-0.05, 0) is 52.6 Å². The lowest BCUT2D eigenvalue weighted by molar-refractivity contribution is 1.23. The van der Waals surface area contributed by atoms with Crippen molar-refractivity contribution in [2.24, 2.45) is 0 Å². The van der Waals surface area contributed by atoms with Crippen molar-refractivity contribution >= 4 is 42.4 Å². The summed E-state index contributed by atoms with van der Waals surface area (Å²) in [7, 11) is 0. The number of benzene rings is 6. The Balaban J connectivity index is 1.33. The summed E-state index contributed by atoms with van der Waals surface area (Å²) in [4.78, 5) is 10.4. The van der Waals surface area contributed by atoms with Crippen LogP contribution in [0.4, 0.5) is 0 Å². The zero-order valence-electron chi connectivity index (χ0n) is 22.2. The maximum Gasteiger partial charge on any atom is 0.160 e. The normalized spacial score (nSPS) is 11.4. The molecule has 0 aliphatic carbocycles. The van der Waals surface area contributed by atoms with Gasteiger partial charge >= 0.3 is 0 Å². The lowest BCUT2D eigenvalue weighted by Crippen LogP contribution is -1.96. The van der Waals surface area contributed by atoms with E-state index < -0.39 is 0 Å². The standard InChI is InChI=1S/C38H24N2S/c1-3-11-25(12-4-1)27-15-9-16-28(23-27)29-17-10-18-30(24-29)38-39-32-21-22-34-35(31-19-7-8-20-33(31)41-34)36(32)37(40-38)26-13-5-2-6-14-26/h1-24H. The Morgan fingerprint density at radius 1 is 0.390 bits per heavy atom. The van der Waals surface area contributed by atoms with Crippen LogP contribution in [0.5, 0.6) is 0 Å². The number of nitrogens with zero attached hydrogens (tertiary/aromatic N) is 2. The van der Waals surface area contributed by atoms with Crippen molar-refractivity contribution in [3.8, 4) is 44.9 Å². The molecule has 0 unspecified atom stereocenters. The van der Waals surface area contributed by atoms with E-state index in [2.05, 4.69) is 146 Å². The lowest BCUT2D eigenvalue weighted by atomic mass is 9.97. The first kappa shape index (κ1) is 23.7. The monoisotopic (exact) mass is 540 g/mol. The number of hydrogen-bond acceptors (Lipinski definition) is 3. The Morgan fingerprint density at radius 2 is 0.976 bits per heavy atom. The molecule has 0 N–H and O–H groups in total. The van der Waals surface area contributed by atoms with E-state index in [1.54, 1.807) is 0 Å². The summed E-state index contributed by atoms with van der Waals surface area (Å²) in [6.45, 7) is 0. The van der Waals surface area contributed by atoms with Gasteiger partial charge in [0.2, 0.25) is 0 Å². The summed E-state index contributed by atoms with van der Waals surface area (Å²) in [5.41, 5.74) is 8.75. The highest BCUT2D eigenvalue weighted by molar-refractivity contribution is 7.26. The van der Waals surface area contributed by atoms with Crippen LogP contribution in [0.2, 0.25) is 0 Å². The zero-order valence-corrected chi connectivity index (χ0v) is 23.0. The summed E-state index contributed by atoms with van der Waals surface area (Å²) in [6.07, 6.45) is 0. The summed E-state index contributed by atoms with van der Waals surface area (Å²) in [5, 5.41) is 3.61. The number of thiophene rings is 1. The SMILES string of the molecule is c1ccc(-c2cccc(-c3cccc(-c4nc(-c5ccccc5)c5c(ccc6sc7ccccc7c65)n4)c3)c2)cc1. The Hall–Kier alpha value is -5.12. The molecule has 8 aromatic rings. The minimum Gasteiger partial charge on any atom is -0.228 e. The summed E-state index contributed by atoms with van der Waals surface area (Å²) < 4.78 is 2.54. The second kappa shape index (κ2) is 9.81.